The van der Waals surface area contributed by atoms with Gasteiger partial charge in [-0.25, -0.2) is 4.98 Å². The Morgan fingerprint density at radius 2 is 2.14 bits per heavy atom. The number of nitrogens with zero attached hydrogens (tertiary/aromatic N) is 3. The first-order valence-corrected chi connectivity index (χ1v) is 9.22. The summed E-state index contributed by atoms with van der Waals surface area (Å²) in [5.41, 5.74) is 7.26. The zero-order valence-corrected chi connectivity index (χ0v) is 15.6. The molecule has 3 aromatic rings. The number of rotatable bonds is 5. The number of fused-ring (bicyclic) bond motifs is 1. The SMILES string of the molecule is C=C1[C@H](COC(=O)Cc2ccccc2)[C@@H](O)C[C@@H]1n1cnc2c(=O)[nH]c(N)nc21. The Morgan fingerprint density at radius 1 is 1.38 bits per heavy atom. The summed E-state index contributed by atoms with van der Waals surface area (Å²) in [4.78, 5) is 34.8. The van der Waals surface area contributed by atoms with Crippen LogP contribution in [0.25, 0.3) is 11.2 Å². The van der Waals surface area contributed by atoms with E-state index in [9.17, 15) is 14.7 Å². The molecule has 0 unspecified atom stereocenters. The van der Waals surface area contributed by atoms with Crippen molar-refractivity contribution in [3.8, 4) is 0 Å². The summed E-state index contributed by atoms with van der Waals surface area (Å²) in [6.07, 6.45) is 1.25. The minimum Gasteiger partial charge on any atom is -0.465 e. The number of carbonyl (C=O) groups is 1. The first-order valence-electron chi connectivity index (χ1n) is 9.22. The minimum atomic E-state index is -0.742. The van der Waals surface area contributed by atoms with E-state index in [1.54, 1.807) is 4.57 Å². The molecule has 1 aliphatic carbocycles. The van der Waals surface area contributed by atoms with E-state index in [4.69, 9.17) is 10.5 Å². The van der Waals surface area contributed by atoms with Gasteiger partial charge in [-0.1, -0.05) is 36.9 Å². The quantitative estimate of drug-likeness (QED) is 0.432. The van der Waals surface area contributed by atoms with Crippen LogP contribution in [0.4, 0.5) is 5.95 Å². The van der Waals surface area contributed by atoms with Crippen molar-refractivity contribution in [1.29, 1.82) is 0 Å². The lowest BCUT2D eigenvalue weighted by Gasteiger charge is -2.17. The Balaban J connectivity index is 1.47. The highest BCUT2D eigenvalue weighted by Gasteiger charge is 2.39. The lowest BCUT2D eigenvalue weighted by molar-refractivity contribution is -0.144. The number of aromatic amines is 1. The lowest BCUT2D eigenvalue weighted by atomic mass is 10.0. The van der Waals surface area contributed by atoms with Gasteiger partial charge >= 0.3 is 5.97 Å². The third kappa shape index (κ3) is 3.64. The second-order valence-electron chi connectivity index (χ2n) is 7.12. The molecule has 3 atom stereocenters. The van der Waals surface area contributed by atoms with E-state index in [0.717, 1.165) is 5.56 Å². The smallest absolute Gasteiger partial charge is 0.310 e. The number of imidazole rings is 1. The number of benzene rings is 1. The van der Waals surface area contributed by atoms with Gasteiger partial charge in [-0.15, -0.1) is 0 Å². The molecular weight excluding hydrogens is 374 g/mol. The maximum Gasteiger partial charge on any atom is 0.310 e. The molecule has 0 aliphatic heterocycles. The van der Waals surface area contributed by atoms with Crippen molar-refractivity contribution in [2.75, 3.05) is 12.3 Å². The maximum absolute atomic E-state index is 12.1. The first-order chi connectivity index (χ1) is 13.9. The van der Waals surface area contributed by atoms with Gasteiger partial charge in [-0.3, -0.25) is 14.6 Å². The number of nitrogen functional groups attached to an aromatic ring is 1. The van der Waals surface area contributed by atoms with Crippen molar-refractivity contribution in [1.82, 2.24) is 19.5 Å². The molecule has 1 fully saturated rings. The van der Waals surface area contributed by atoms with Crippen LogP contribution in [0.3, 0.4) is 0 Å². The molecule has 0 amide bonds. The Morgan fingerprint density at radius 3 is 2.90 bits per heavy atom. The minimum absolute atomic E-state index is 0.0141. The van der Waals surface area contributed by atoms with Crippen LogP contribution in [0, 0.1) is 5.92 Å². The van der Waals surface area contributed by atoms with Crippen LogP contribution in [0.5, 0.6) is 0 Å². The van der Waals surface area contributed by atoms with E-state index in [1.807, 2.05) is 30.3 Å². The predicted octanol–water partition coefficient (Wildman–Crippen LogP) is 0.966. The number of nitrogens with two attached hydrogens (primary N) is 1. The normalized spacial score (nSPS) is 21.6. The number of esters is 1. The zero-order chi connectivity index (χ0) is 20.5. The van der Waals surface area contributed by atoms with Gasteiger partial charge in [-0.05, 0) is 17.6 Å². The first kappa shape index (κ1) is 18.9. The highest BCUT2D eigenvalue weighted by Crippen LogP contribution is 2.40. The molecule has 0 bridgehead atoms. The Hall–Kier alpha value is -3.46. The molecule has 0 saturated heterocycles. The number of carbonyl (C=O) groups excluding carboxylic acids is 1. The van der Waals surface area contributed by atoms with Gasteiger partial charge in [0.25, 0.3) is 5.56 Å². The van der Waals surface area contributed by atoms with Crippen LogP contribution in [-0.2, 0) is 16.0 Å². The number of hydrogen-bond acceptors (Lipinski definition) is 7. The van der Waals surface area contributed by atoms with E-state index in [0.29, 0.717) is 17.6 Å². The molecule has 9 nitrogen and oxygen atoms in total. The second kappa shape index (κ2) is 7.51. The van der Waals surface area contributed by atoms with Crippen LogP contribution in [0.15, 0.2) is 53.6 Å². The highest BCUT2D eigenvalue weighted by molar-refractivity contribution is 5.72. The Bertz CT molecular complexity index is 1120. The third-order valence-corrected chi connectivity index (χ3v) is 5.24. The summed E-state index contributed by atoms with van der Waals surface area (Å²) >= 11 is 0. The predicted molar refractivity (Wildman–Crippen MR) is 106 cm³/mol. The van der Waals surface area contributed by atoms with Gasteiger partial charge in [0, 0.05) is 5.92 Å². The highest BCUT2D eigenvalue weighted by atomic mass is 16.5. The molecule has 9 heteroatoms. The maximum atomic E-state index is 12.1. The van der Waals surface area contributed by atoms with Gasteiger partial charge in [0.2, 0.25) is 5.95 Å². The van der Waals surface area contributed by atoms with E-state index in [2.05, 4.69) is 21.5 Å². The fourth-order valence-corrected chi connectivity index (χ4v) is 3.72. The van der Waals surface area contributed by atoms with Crippen LogP contribution in [0.1, 0.15) is 18.0 Å². The van der Waals surface area contributed by atoms with Crippen molar-refractivity contribution in [3.63, 3.8) is 0 Å². The molecule has 0 spiro atoms. The van der Waals surface area contributed by atoms with Crippen molar-refractivity contribution in [2.24, 2.45) is 5.92 Å². The summed E-state index contributed by atoms with van der Waals surface area (Å²) in [5.74, 6) is -0.801. The van der Waals surface area contributed by atoms with Crippen molar-refractivity contribution in [3.05, 3.63) is 64.7 Å². The molecule has 1 saturated carbocycles. The number of H-pyrrole nitrogens is 1. The molecule has 150 valence electrons. The summed E-state index contributed by atoms with van der Waals surface area (Å²) in [5, 5.41) is 10.5. The van der Waals surface area contributed by atoms with E-state index >= 15 is 0 Å². The summed E-state index contributed by atoms with van der Waals surface area (Å²) < 4.78 is 7.07. The molecule has 29 heavy (non-hydrogen) atoms. The number of aliphatic hydroxyl groups is 1. The Kier molecular flexibility index (Phi) is 4.89. The molecule has 2 aromatic heterocycles. The van der Waals surface area contributed by atoms with Crippen molar-refractivity contribution >= 4 is 23.1 Å². The van der Waals surface area contributed by atoms with Gasteiger partial charge in [0.15, 0.2) is 11.2 Å². The average Bonchev–Trinajstić information content (AvgIpc) is 3.22. The average molecular weight is 395 g/mol. The Labute approximate surface area is 165 Å². The number of anilines is 1. The van der Waals surface area contributed by atoms with Crippen LogP contribution in [-0.4, -0.2) is 43.3 Å². The number of aromatic nitrogens is 4. The van der Waals surface area contributed by atoms with E-state index in [1.165, 1.54) is 6.33 Å². The molecular formula is C20H21N5O4. The molecule has 1 aliphatic rings. The molecule has 4 rings (SSSR count). The standard InChI is InChI=1S/C20H21N5O4/c1-11-13(9-29-16(27)7-12-5-3-2-4-6-12)15(26)8-14(11)25-10-22-17-18(25)23-20(21)24-19(17)28/h2-6,10,13-15,26H,1,7-9H2,(H3,21,23,24,28)/t13-,14-,15-/m0/s1. The number of ether oxygens (including phenoxy) is 1. The number of nitrogens with one attached hydrogen (secondary N) is 1. The van der Waals surface area contributed by atoms with Crippen LogP contribution >= 0.6 is 0 Å². The van der Waals surface area contributed by atoms with Crippen LogP contribution < -0.4 is 11.3 Å². The molecule has 4 N–H and O–H groups in total. The number of aliphatic hydroxyl groups excluding tert-OH is 1. The van der Waals surface area contributed by atoms with Gasteiger partial charge in [-0.2, -0.15) is 4.98 Å². The number of hydrogen-bond donors (Lipinski definition) is 3. The fourth-order valence-electron chi connectivity index (χ4n) is 3.72. The zero-order valence-electron chi connectivity index (χ0n) is 15.6. The van der Waals surface area contributed by atoms with E-state index < -0.39 is 17.6 Å². The topological polar surface area (TPSA) is 136 Å². The van der Waals surface area contributed by atoms with Crippen molar-refractivity contribution < 1.29 is 14.6 Å². The van der Waals surface area contributed by atoms with Gasteiger partial charge in [0.1, 0.15) is 6.61 Å². The summed E-state index contributed by atoms with van der Waals surface area (Å²) in [7, 11) is 0. The fraction of sp³-hybridized carbons (Fsp3) is 0.300. The molecule has 0 radical (unpaired) electrons. The van der Waals surface area contributed by atoms with Crippen molar-refractivity contribution in [2.45, 2.75) is 25.0 Å². The largest absolute Gasteiger partial charge is 0.465 e. The van der Waals surface area contributed by atoms with E-state index in [-0.39, 0.29) is 36.5 Å². The summed E-state index contributed by atoms with van der Waals surface area (Å²) in [6.45, 7) is 4.12. The third-order valence-electron chi connectivity index (χ3n) is 5.24. The second-order valence-corrected chi connectivity index (χ2v) is 7.12. The monoisotopic (exact) mass is 395 g/mol. The van der Waals surface area contributed by atoms with Gasteiger partial charge in [0.05, 0.1) is 24.9 Å². The molecule has 1 aromatic carbocycles. The molecule has 2 heterocycles. The lowest BCUT2D eigenvalue weighted by Crippen LogP contribution is -2.22. The van der Waals surface area contributed by atoms with Gasteiger partial charge < -0.3 is 20.1 Å². The van der Waals surface area contributed by atoms with Crippen LogP contribution in [0.2, 0.25) is 0 Å². The summed E-state index contributed by atoms with van der Waals surface area (Å²) in [6, 6.07) is 8.97.